The Kier molecular flexibility index (Phi) is 5.13. The maximum Gasteiger partial charge on any atom is 0.227 e. The third kappa shape index (κ3) is 4.23. The van der Waals surface area contributed by atoms with E-state index in [4.69, 9.17) is 11.6 Å². The number of halogens is 1. The van der Waals surface area contributed by atoms with Gasteiger partial charge in [0.1, 0.15) is 5.82 Å². The van der Waals surface area contributed by atoms with Crippen molar-refractivity contribution in [2.45, 2.75) is 32.1 Å². The average molecular weight is 330 g/mol. The standard InChI is InChI=1S/C18H20ClN3O/c19-15-8-4-5-9-16(15)22-17-11-10-14(12-20-17)21-18(23)13-6-2-1-3-7-13/h4-5,8-13H,1-3,6-7H2,(H,20,22)(H,21,23). The fraction of sp³-hybridized carbons (Fsp3) is 0.333. The molecule has 0 unspecified atom stereocenters. The minimum atomic E-state index is 0.110. The highest BCUT2D eigenvalue weighted by molar-refractivity contribution is 6.33. The van der Waals surface area contributed by atoms with Gasteiger partial charge < -0.3 is 10.6 Å². The molecule has 5 heteroatoms. The van der Waals surface area contributed by atoms with Crippen LogP contribution in [-0.4, -0.2) is 10.9 Å². The molecule has 1 aliphatic rings. The number of nitrogens with zero attached hydrogens (tertiary/aromatic N) is 1. The molecule has 1 heterocycles. The van der Waals surface area contributed by atoms with Crippen molar-refractivity contribution in [1.82, 2.24) is 4.98 Å². The van der Waals surface area contributed by atoms with E-state index in [2.05, 4.69) is 15.6 Å². The number of hydrogen-bond donors (Lipinski definition) is 2. The molecule has 23 heavy (non-hydrogen) atoms. The van der Waals surface area contributed by atoms with E-state index < -0.39 is 0 Å². The molecule has 2 aromatic rings. The topological polar surface area (TPSA) is 54.0 Å². The molecule has 3 rings (SSSR count). The van der Waals surface area contributed by atoms with E-state index in [1.807, 2.05) is 36.4 Å². The van der Waals surface area contributed by atoms with Crippen molar-refractivity contribution < 1.29 is 4.79 Å². The van der Waals surface area contributed by atoms with Gasteiger partial charge in [-0.25, -0.2) is 4.98 Å². The molecule has 1 amide bonds. The fourth-order valence-corrected chi connectivity index (χ4v) is 3.03. The summed E-state index contributed by atoms with van der Waals surface area (Å²) in [4.78, 5) is 16.5. The van der Waals surface area contributed by atoms with Gasteiger partial charge in [-0.15, -0.1) is 0 Å². The predicted molar refractivity (Wildman–Crippen MR) is 94.2 cm³/mol. The van der Waals surface area contributed by atoms with Crippen LogP contribution in [0.1, 0.15) is 32.1 Å². The van der Waals surface area contributed by atoms with E-state index >= 15 is 0 Å². The second-order valence-electron chi connectivity index (χ2n) is 5.86. The van der Waals surface area contributed by atoms with Gasteiger partial charge in [0.2, 0.25) is 5.91 Å². The van der Waals surface area contributed by atoms with Crippen LogP contribution in [0, 0.1) is 5.92 Å². The fourth-order valence-electron chi connectivity index (χ4n) is 2.85. The lowest BCUT2D eigenvalue weighted by atomic mass is 9.88. The van der Waals surface area contributed by atoms with Gasteiger partial charge in [0.05, 0.1) is 22.6 Å². The summed E-state index contributed by atoms with van der Waals surface area (Å²) in [6.07, 6.45) is 7.19. The SMILES string of the molecule is O=C(Nc1ccc(Nc2ccccc2Cl)nc1)C1CCCCC1. The van der Waals surface area contributed by atoms with Crippen LogP contribution in [0.3, 0.4) is 0 Å². The van der Waals surface area contributed by atoms with Gasteiger partial charge >= 0.3 is 0 Å². The zero-order valence-electron chi connectivity index (χ0n) is 12.9. The smallest absolute Gasteiger partial charge is 0.227 e. The summed E-state index contributed by atoms with van der Waals surface area (Å²) in [6, 6.07) is 11.2. The molecule has 1 aliphatic carbocycles. The highest BCUT2D eigenvalue weighted by Gasteiger charge is 2.21. The summed E-state index contributed by atoms with van der Waals surface area (Å²) in [5.41, 5.74) is 1.53. The van der Waals surface area contributed by atoms with Crippen LogP contribution in [0.25, 0.3) is 0 Å². The number of hydrogen-bond acceptors (Lipinski definition) is 3. The van der Waals surface area contributed by atoms with Gasteiger partial charge in [0, 0.05) is 5.92 Å². The number of pyridine rings is 1. The van der Waals surface area contributed by atoms with E-state index in [9.17, 15) is 4.79 Å². The summed E-state index contributed by atoms with van der Waals surface area (Å²) < 4.78 is 0. The van der Waals surface area contributed by atoms with E-state index in [-0.39, 0.29) is 11.8 Å². The molecular formula is C18H20ClN3O. The number of aromatic nitrogens is 1. The van der Waals surface area contributed by atoms with Crippen molar-refractivity contribution >= 4 is 34.7 Å². The lowest BCUT2D eigenvalue weighted by Gasteiger charge is -2.20. The molecule has 1 fully saturated rings. The first kappa shape index (κ1) is 15.8. The van der Waals surface area contributed by atoms with Crippen LogP contribution in [0.5, 0.6) is 0 Å². The molecule has 1 saturated carbocycles. The third-order valence-corrected chi connectivity index (χ3v) is 4.47. The van der Waals surface area contributed by atoms with Crippen molar-refractivity contribution in [1.29, 1.82) is 0 Å². The Balaban J connectivity index is 1.60. The number of benzene rings is 1. The van der Waals surface area contributed by atoms with Crippen LogP contribution < -0.4 is 10.6 Å². The van der Waals surface area contributed by atoms with Crippen molar-refractivity contribution in [3.63, 3.8) is 0 Å². The van der Waals surface area contributed by atoms with E-state index in [1.165, 1.54) is 6.42 Å². The quantitative estimate of drug-likeness (QED) is 0.830. The van der Waals surface area contributed by atoms with Crippen molar-refractivity contribution in [3.8, 4) is 0 Å². The Bertz CT molecular complexity index is 666. The number of carbonyl (C=O) groups excluding carboxylic acids is 1. The first-order chi connectivity index (χ1) is 11.2. The monoisotopic (exact) mass is 329 g/mol. The molecular weight excluding hydrogens is 310 g/mol. The normalized spacial score (nSPS) is 15.2. The maximum atomic E-state index is 12.2. The Hall–Kier alpha value is -2.07. The first-order valence-corrected chi connectivity index (χ1v) is 8.38. The van der Waals surface area contributed by atoms with Crippen LogP contribution in [0.2, 0.25) is 5.02 Å². The summed E-state index contributed by atoms with van der Waals surface area (Å²) in [7, 11) is 0. The molecule has 4 nitrogen and oxygen atoms in total. The highest BCUT2D eigenvalue weighted by Crippen LogP contribution is 2.26. The summed E-state index contributed by atoms with van der Waals surface area (Å²) in [5, 5.41) is 6.76. The molecule has 1 aromatic carbocycles. The Labute approximate surface area is 141 Å². The molecule has 0 saturated heterocycles. The van der Waals surface area contributed by atoms with Gasteiger partial charge in [-0.2, -0.15) is 0 Å². The van der Waals surface area contributed by atoms with Gasteiger partial charge in [-0.1, -0.05) is 43.0 Å². The van der Waals surface area contributed by atoms with E-state index in [0.717, 1.165) is 37.1 Å². The highest BCUT2D eigenvalue weighted by atomic mass is 35.5. The second kappa shape index (κ2) is 7.47. The molecule has 120 valence electrons. The molecule has 1 aromatic heterocycles. The number of para-hydroxylation sites is 1. The van der Waals surface area contributed by atoms with Gasteiger partial charge in [0.15, 0.2) is 0 Å². The van der Waals surface area contributed by atoms with Gasteiger partial charge in [0.25, 0.3) is 0 Å². The largest absolute Gasteiger partial charge is 0.339 e. The number of amides is 1. The molecule has 0 spiro atoms. The number of carbonyl (C=O) groups is 1. The molecule has 2 N–H and O–H groups in total. The zero-order chi connectivity index (χ0) is 16.1. The number of nitrogens with one attached hydrogen (secondary N) is 2. The van der Waals surface area contributed by atoms with Crippen molar-refractivity contribution in [2.24, 2.45) is 5.92 Å². The van der Waals surface area contributed by atoms with E-state index in [1.54, 1.807) is 6.20 Å². The lowest BCUT2D eigenvalue weighted by molar-refractivity contribution is -0.120. The van der Waals surface area contributed by atoms with Gasteiger partial charge in [-0.05, 0) is 37.1 Å². The Morgan fingerprint density at radius 1 is 1.09 bits per heavy atom. The summed E-state index contributed by atoms with van der Waals surface area (Å²) in [6.45, 7) is 0. The Morgan fingerprint density at radius 2 is 1.87 bits per heavy atom. The van der Waals surface area contributed by atoms with Crippen LogP contribution in [0.4, 0.5) is 17.2 Å². The minimum Gasteiger partial charge on any atom is -0.339 e. The van der Waals surface area contributed by atoms with Crippen molar-refractivity contribution in [2.75, 3.05) is 10.6 Å². The third-order valence-electron chi connectivity index (χ3n) is 4.14. The average Bonchev–Trinajstić information content (AvgIpc) is 2.59. The predicted octanol–water partition coefficient (Wildman–Crippen LogP) is 5.00. The molecule has 0 aliphatic heterocycles. The second-order valence-corrected chi connectivity index (χ2v) is 6.27. The summed E-state index contributed by atoms with van der Waals surface area (Å²) in [5.74, 6) is 0.941. The zero-order valence-corrected chi connectivity index (χ0v) is 13.6. The van der Waals surface area contributed by atoms with Crippen LogP contribution in [-0.2, 0) is 4.79 Å². The maximum absolute atomic E-state index is 12.2. The first-order valence-electron chi connectivity index (χ1n) is 8.01. The Morgan fingerprint density at radius 3 is 2.57 bits per heavy atom. The molecule has 0 bridgehead atoms. The number of rotatable bonds is 4. The summed E-state index contributed by atoms with van der Waals surface area (Å²) >= 11 is 6.11. The minimum absolute atomic E-state index is 0.110. The van der Waals surface area contributed by atoms with Crippen LogP contribution in [0.15, 0.2) is 42.6 Å². The molecule has 0 radical (unpaired) electrons. The van der Waals surface area contributed by atoms with Crippen LogP contribution >= 0.6 is 11.6 Å². The van der Waals surface area contributed by atoms with Crippen molar-refractivity contribution in [3.05, 3.63) is 47.6 Å². The van der Waals surface area contributed by atoms with E-state index in [0.29, 0.717) is 10.8 Å². The number of anilines is 3. The molecule has 0 atom stereocenters. The lowest BCUT2D eigenvalue weighted by Crippen LogP contribution is -2.24. The van der Waals surface area contributed by atoms with Gasteiger partial charge in [-0.3, -0.25) is 4.79 Å².